The van der Waals surface area contributed by atoms with Crippen LogP contribution in [-0.2, 0) is 4.79 Å². The van der Waals surface area contributed by atoms with Crippen LogP contribution in [0.5, 0.6) is 0 Å². The van der Waals surface area contributed by atoms with E-state index in [9.17, 15) is 14.9 Å². The molecule has 0 radical (unpaired) electrons. The number of hydrogen-bond donors (Lipinski definition) is 0. The van der Waals surface area contributed by atoms with Crippen molar-refractivity contribution in [3.8, 4) is 11.3 Å². The zero-order valence-corrected chi connectivity index (χ0v) is 20.5. The highest BCUT2D eigenvalue weighted by molar-refractivity contribution is 6.42. The molecule has 36 heavy (non-hydrogen) atoms. The summed E-state index contributed by atoms with van der Waals surface area (Å²) in [6, 6.07) is 22.7. The lowest BCUT2D eigenvalue weighted by atomic mass is 10.1. The third kappa shape index (κ3) is 4.44. The molecule has 1 aliphatic rings. The molecule has 8 heteroatoms. The van der Waals surface area contributed by atoms with E-state index in [1.165, 1.54) is 12.1 Å². The number of halogens is 2. The molecular formula is C28H18Cl2N2O4. The Morgan fingerprint density at radius 2 is 1.69 bits per heavy atom. The highest BCUT2D eigenvalue weighted by Gasteiger charge is 2.32. The molecule has 0 bridgehead atoms. The Morgan fingerprint density at radius 3 is 2.39 bits per heavy atom. The van der Waals surface area contributed by atoms with Crippen molar-refractivity contribution in [3.63, 3.8) is 0 Å². The Hall–Kier alpha value is -4.13. The number of nitrogens with zero attached hydrogens (tertiary/aromatic N) is 2. The summed E-state index contributed by atoms with van der Waals surface area (Å²) in [5, 5.41) is 12.1. The van der Waals surface area contributed by atoms with Crippen molar-refractivity contribution in [2.75, 3.05) is 4.90 Å². The van der Waals surface area contributed by atoms with Crippen LogP contribution >= 0.6 is 23.2 Å². The SMILES string of the molecule is Cc1cc([N+](=O)[O-])ccc1N1C(=O)/C(=C/c2ccc(-c3ccc(Cl)c(Cl)c3)o2)C=C1c1ccccc1. The molecule has 6 nitrogen and oxygen atoms in total. The summed E-state index contributed by atoms with van der Waals surface area (Å²) < 4.78 is 5.97. The van der Waals surface area contributed by atoms with Gasteiger partial charge in [-0.05, 0) is 66.6 Å². The molecule has 0 aliphatic carbocycles. The first kappa shape index (κ1) is 23.6. The minimum absolute atomic E-state index is 0.0330. The molecule has 0 saturated carbocycles. The lowest BCUT2D eigenvalue weighted by Gasteiger charge is -2.22. The van der Waals surface area contributed by atoms with Crippen LogP contribution in [0.2, 0.25) is 10.0 Å². The average Bonchev–Trinajstić information content (AvgIpc) is 3.46. The summed E-state index contributed by atoms with van der Waals surface area (Å²) in [5.74, 6) is 0.810. The number of furan rings is 1. The molecule has 0 saturated heterocycles. The number of non-ortho nitro benzene ring substituents is 1. The molecule has 178 valence electrons. The number of anilines is 1. The van der Waals surface area contributed by atoms with E-state index in [0.717, 1.165) is 11.1 Å². The molecule has 3 aromatic carbocycles. The largest absolute Gasteiger partial charge is 0.457 e. The Labute approximate surface area is 216 Å². The van der Waals surface area contributed by atoms with Crippen LogP contribution in [0.25, 0.3) is 23.1 Å². The third-order valence-electron chi connectivity index (χ3n) is 5.81. The van der Waals surface area contributed by atoms with Crippen molar-refractivity contribution in [2.24, 2.45) is 0 Å². The highest BCUT2D eigenvalue weighted by atomic mass is 35.5. The molecule has 1 aromatic heterocycles. The van der Waals surface area contributed by atoms with Crippen molar-refractivity contribution < 1.29 is 14.1 Å². The van der Waals surface area contributed by atoms with Crippen LogP contribution in [-0.4, -0.2) is 10.8 Å². The maximum atomic E-state index is 13.6. The summed E-state index contributed by atoms with van der Waals surface area (Å²) >= 11 is 12.1. The zero-order chi connectivity index (χ0) is 25.4. The van der Waals surface area contributed by atoms with E-state index in [1.54, 1.807) is 60.4 Å². The number of nitro benzene ring substituents is 1. The number of rotatable bonds is 5. The Morgan fingerprint density at radius 1 is 0.917 bits per heavy atom. The number of aryl methyl sites for hydroxylation is 1. The van der Waals surface area contributed by atoms with Gasteiger partial charge in [-0.2, -0.15) is 0 Å². The minimum atomic E-state index is -0.454. The van der Waals surface area contributed by atoms with E-state index < -0.39 is 4.92 Å². The van der Waals surface area contributed by atoms with Crippen LogP contribution in [0.15, 0.2) is 94.9 Å². The maximum Gasteiger partial charge on any atom is 0.269 e. The topological polar surface area (TPSA) is 76.6 Å². The second kappa shape index (κ2) is 9.49. The van der Waals surface area contributed by atoms with Gasteiger partial charge in [0.2, 0.25) is 0 Å². The monoisotopic (exact) mass is 516 g/mol. The lowest BCUT2D eigenvalue weighted by Crippen LogP contribution is -2.25. The van der Waals surface area contributed by atoms with Crippen LogP contribution in [0, 0.1) is 17.0 Å². The summed E-state index contributed by atoms with van der Waals surface area (Å²) in [7, 11) is 0. The van der Waals surface area contributed by atoms with Crippen molar-refractivity contribution in [1.29, 1.82) is 0 Å². The zero-order valence-electron chi connectivity index (χ0n) is 18.9. The molecule has 4 aromatic rings. The molecule has 0 unspecified atom stereocenters. The molecule has 1 amide bonds. The lowest BCUT2D eigenvalue weighted by molar-refractivity contribution is -0.384. The molecule has 1 aliphatic heterocycles. The van der Waals surface area contributed by atoms with Gasteiger partial charge < -0.3 is 4.42 Å². The fraction of sp³-hybridized carbons (Fsp3) is 0.0357. The van der Waals surface area contributed by atoms with Gasteiger partial charge in [0.05, 0.1) is 26.4 Å². The van der Waals surface area contributed by atoms with Crippen molar-refractivity contribution in [1.82, 2.24) is 0 Å². The molecular weight excluding hydrogens is 499 g/mol. The first-order chi connectivity index (χ1) is 17.3. The predicted octanol–water partition coefficient (Wildman–Crippen LogP) is 7.94. The molecule has 0 spiro atoms. The number of benzene rings is 3. The van der Waals surface area contributed by atoms with Crippen LogP contribution in [0.3, 0.4) is 0 Å². The number of hydrogen-bond acceptors (Lipinski definition) is 4. The number of carbonyl (C=O) groups excluding carboxylic acids is 1. The van der Waals surface area contributed by atoms with Gasteiger partial charge >= 0.3 is 0 Å². The van der Waals surface area contributed by atoms with Crippen LogP contribution < -0.4 is 4.90 Å². The van der Waals surface area contributed by atoms with Gasteiger partial charge in [-0.25, -0.2) is 0 Å². The molecule has 2 heterocycles. The van der Waals surface area contributed by atoms with E-state index in [2.05, 4.69) is 0 Å². The van der Waals surface area contributed by atoms with E-state index in [0.29, 0.717) is 44.1 Å². The van der Waals surface area contributed by atoms with Crippen molar-refractivity contribution in [2.45, 2.75) is 6.92 Å². The van der Waals surface area contributed by atoms with Crippen molar-refractivity contribution >= 4 is 52.3 Å². The fourth-order valence-corrected chi connectivity index (χ4v) is 4.37. The second-order valence-corrected chi connectivity index (χ2v) is 9.01. The van der Waals surface area contributed by atoms with Gasteiger partial charge in [0.25, 0.3) is 11.6 Å². The number of nitro groups is 1. The van der Waals surface area contributed by atoms with E-state index in [-0.39, 0.29) is 11.6 Å². The van der Waals surface area contributed by atoms with Gasteiger partial charge in [-0.15, -0.1) is 0 Å². The third-order valence-corrected chi connectivity index (χ3v) is 6.55. The van der Waals surface area contributed by atoms with Gasteiger partial charge in [0.1, 0.15) is 11.5 Å². The molecule has 0 atom stereocenters. The average molecular weight is 517 g/mol. The van der Waals surface area contributed by atoms with Gasteiger partial charge in [0, 0.05) is 23.3 Å². The molecule has 0 N–H and O–H groups in total. The molecule has 0 fully saturated rings. The minimum Gasteiger partial charge on any atom is -0.457 e. The number of carbonyl (C=O) groups is 1. The van der Waals surface area contributed by atoms with Gasteiger partial charge in [-0.3, -0.25) is 19.8 Å². The Kier molecular flexibility index (Phi) is 6.22. The van der Waals surface area contributed by atoms with Crippen molar-refractivity contribution in [3.05, 3.63) is 128 Å². The van der Waals surface area contributed by atoms with Crippen LogP contribution in [0.1, 0.15) is 16.9 Å². The first-order valence-corrected chi connectivity index (χ1v) is 11.7. The molecule has 5 rings (SSSR count). The van der Waals surface area contributed by atoms with Crippen LogP contribution in [0.4, 0.5) is 11.4 Å². The summed E-state index contributed by atoms with van der Waals surface area (Å²) in [4.78, 5) is 26.0. The summed E-state index contributed by atoms with van der Waals surface area (Å²) in [6.07, 6.45) is 3.47. The summed E-state index contributed by atoms with van der Waals surface area (Å²) in [5.41, 5.74) is 3.83. The quantitative estimate of drug-likeness (QED) is 0.153. The normalized spacial score (nSPS) is 14.4. The van der Waals surface area contributed by atoms with E-state index in [4.69, 9.17) is 27.6 Å². The Bertz CT molecular complexity index is 1570. The predicted molar refractivity (Wildman–Crippen MR) is 142 cm³/mol. The smallest absolute Gasteiger partial charge is 0.269 e. The standard InChI is InChI=1S/C28H18Cl2N2O4/c1-17-13-21(32(34)35)8-11-25(17)31-26(18-5-3-2-4-6-18)16-20(28(31)33)14-22-9-12-27(36-22)19-7-10-23(29)24(30)15-19/h2-16H,1H3/b20-14+. The first-order valence-electron chi connectivity index (χ1n) is 11.0. The van der Waals surface area contributed by atoms with Gasteiger partial charge in [-0.1, -0.05) is 53.5 Å². The van der Waals surface area contributed by atoms with Gasteiger partial charge in [0.15, 0.2) is 0 Å². The fourth-order valence-electron chi connectivity index (χ4n) is 4.07. The maximum absolute atomic E-state index is 13.6. The van der Waals surface area contributed by atoms with E-state index in [1.807, 2.05) is 30.3 Å². The summed E-state index contributed by atoms with van der Waals surface area (Å²) in [6.45, 7) is 1.75. The number of amides is 1. The highest BCUT2D eigenvalue weighted by Crippen LogP contribution is 2.38. The second-order valence-electron chi connectivity index (χ2n) is 8.19. The van der Waals surface area contributed by atoms with E-state index >= 15 is 0 Å². The Balaban J connectivity index is 1.55.